The van der Waals surface area contributed by atoms with Crippen molar-refractivity contribution < 1.29 is 13.6 Å². The highest BCUT2D eigenvalue weighted by Crippen LogP contribution is 2.21. The Morgan fingerprint density at radius 2 is 1.50 bits per heavy atom. The largest absolute Gasteiger partial charge is 0.697 e. The Morgan fingerprint density at radius 3 is 1.89 bits per heavy atom. The number of rotatable bonds is 10. The van der Waals surface area contributed by atoms with Gasteiger partial charge in [0.2, 0.25) is 0 Å². The van der Waals surface area contributed by atoms with Gasteiger partial charge >= 0.3 is 8.25 Å². The molecule has 0 rings (SSSR count). The summed E-state index contributed by atoms with van der Waals surface area (Å²) in [7, 11) is -1.83. The lowest BCUT2D eigenvalue weighted by atomic mass is 10.2. The molecule has 4 nitrogen and oxygen atoms in total. The van der Waals surface area contributed by atoms with Gasteiger partial charge in [0.15, 0.2) is 0 Å². The molecule has 0 aromatic rings. The maximum absolute atomic E-state index is 10.3. The van der Waals surface area contributed by atoms with Crippen molar-refractivity contribution in [3.05, 3.63) is 0 Å². The van der Waals surface area contributed by atoms with Crippen molar-refractivity contribution in [2.75, 3.05) is 26.3 Å². The normalized spacial score (nSPS) is 9.11. The summed E-state index contributed by atoms with van der Waals surface area (Å²) in [4.78, 5) is 0. The SMILES string of the molecule is CCCCCCNCC.CCO[P+](=O)OCC.Cl. The third kappa shape index (κ3) is 25.2. The maximum atomic E-state index is 10.3. The summed E-state index contributed by atoms with van der Waals surface area (Å²) in [5.41, 5.74) is 0. The summed E-state index contributed by atoms with van der Waals surface area (Å²) < 4.78 is 19.5. The van der Waals surface area contributed by atoms with Gasteiger partial charge in [-0.15, -0.1) is 21.5 Å². The van der Waals surface area contributed by atoms with Crippen LogP contribution >= 0.6 is 20.7 Å². The van der Waals surface area contributed by atoms with Gasteiger partial charge in [-0.25, -0.2) is 0 Å². The number of halogens is 1. The molecule has 0 fully saturated rings. The molecule has 0 aliphatic heterocycles. The van der Waals surface area contributed by atoms with Gasteiger partial charge in [-0.05, 0) is 33.4 Å². The van der Waals surface area contributed by atoms with E-state index >= 15 is 0 Å². The maximum Gasteiger partial charge on any atom is 0.697 e. The first-order chi connectivity index (χ1) is 8.22. The lowest BCUT2D eigenvalue weighted by Crippen LogP contribution is -2.13. The second-order valence-corrected chi connectivity index (χ2v) is 4.44. The first-order valence-corrected chi connectivity index (χ1v) is 7.76. The molecule has 0 aliphatic rings. The second kappa shape index (κ2) is 22.5. The van der Waals surface area contributed by atoms with E-state index in [1.165, 1.54) is 32.2 Å². The fourth-order valence-corrected chi connectivity index (χ4v) is 1.60. The molecule has 0 saturated carbocycles. The number of hydrogen-bond donors (Lipinski definition) is 1. The molecule has 0 atom stereocenters. The van der Waals surface area contributed by atoms with Crippen LogP contribution in [0.2, 0.25) is 0 Å². The molecule has 0 bridgehead atoms. The Balaban J connectivity index is -0.000000238. The van der Waals surface area contributed by atoms with Crippen LogP contribution in [0, 0.1) is 0 Å². The van der Waals surface area contributed by atoms with E-state index < -0.39 is 8.25 Å². The number of hydrogen-bond acceptors (Lipinski definition) is 4. The zero-order chi connectivity index (χ0) is 13.4. The van der Waals surface area contributed by atoms with E-state index in [4.69, 9.17) is 0 Å². The van der Waals surface area contributed by atoms with Gasteiger partial charge in [-0.2, -0.15) is 0 Å². The van der Waals surface area contributed by atoms with Crippen LogP contribution in [-0.2, 0) is 13.6 Å². The van der Waals surface area contributed by atoms with Crippen LogP contribution in [0.25, 0.3) is 0 Å². The van der Waals surface area contributed by atoms with Crippen molar-refractivity contribution in [3.63, 3.8) is 0 Å². The van der Waals surface area contributed by atoms with E-state index in [9.17, 15) is 4.57 Å². The van der Waals surface area contributed by atoms with Crippen LogP contribution in [0.1, 0.15) is 53.4 Å². The van der Waals surface area contributed by atoms with E-state index in [0.717, 1.165) is 6.54 Å². The van der Waals surface area contributed by atoms with Gasteiger partial charge in [0.25, 0.3) is 0 Å². The molecule has 1 N–H and O–H groups in total. The van der Waals surface area contributed by atoms with Crippen molar-refractivity contribution in [3.8, 4) is 0 Å². The summed E-state index contributed by atoms with van der Waals surface area (Å²) in [6, 6.07) is 0. The molecular weight excluding hydrogens is 273 g/mol. The standard InChI is InChI=1S/C8H19N.C4H10O3P.ClH/c1-3-5-6-7-8-9-4-2;1-3-6-8(5)7-4-2;/h9H,3-8H2,1-2H3;3-4H2,1-2H3;1H/q;+1;. The van der Waals surface area contributed by atoms with Crippen LogP contribution in [0.3, 0.4) is 0 Å². The zero-order valence-electron chi connectivity index (χ0n) is 12.2. The Kier molecular flexibility index (Phi) is 29.1. The smallest absolute Gasteiger partial charge is 0.317 e. The molecule has 18 heavy (non-hydrogen) atoms. The van der Waals surface area contributed by atoms with Crippen LogP contribution in [0.15, 0.2) is 0 Å². The molecule has 0 saturated heterocycles. The van der Waals surface area contributed by atoms with Gasteiger partial charge in [0.05, 0.1) is 0 Å². The summed E-state index contributed by atoms with van der Waals surface area (Å²) in [6.07, 6.45) is 5.47. The highest BCUT2D eigenvalue weighted by molar-refractivity contribution is 7.33. The van der Waals surface area contributed by atoms with Gasteiger partial charge in [0.1, 0.15) is 13.2 Å². The van der Waals surface area contributed by atoms with Gasteiger partial charge in [0, 0.05) is 4.57 Å². The lowest BCUT2D eigenvalue weighted by molar-refractivity contribution is 0.243. The van der Waals surface area contributed by atoms with E-state index in [1.54, 1.807) is 13.8 Å². The Labute approximate surface area is 120 Å². The highest BCUT2D eigenvalue weighted by Gasteiger charge is 2.15. The molecule has 0 unspecified atom stereocenters. The molecular formula is C12H30ClNO3P+. The third-order valence-corrected chi connectivity index (χ3v) is 2.86. The first-order valence-electron chi connectivity index (χ1n) is 6.66. The van der Waals surface area contributed by atoms with Crippen molar-refractivity contribution >= 4 is 20.7 Å². The fraction of sp³-hybridized carbons (Fsp3) is 1.00. The molecule has 0 spiro atoms. The quantitative estimate of drug-likeness (QED) is 0.482. The number of unbranched alkanes of at least 4 members (excludes halogenated alkanes) is 3. The van der Waals surface area contributed by atoms with Crippen LogP contribution < -0.4 is 5.32 Å². The summed E-state index contributed by atoms with van der Waals surface area (Å²) in [5, 5.41) is 3.31. The molecule has 0 aromatic heterocycles. The average Bonchev–Trinajstić information content (AvgIpc) is 2.31. The molecule has 0 aliphatic carbocycles. The molecule has 0 aromatic carbocycles. The third-order valence-electron chi connectivity index (χ3n) is 1.93. The van der Waals surface area contributed by atoms with Crippen molar-refractivity contribution in [1.29, 1.82) is 0 Å². The van der Waals surface area contributed by atoms with E-state index in [2.05, 4.69) is 28.2 Å². The predicted molar refractivity (Wildman–Crippen MR) is 80.8 cm³/mol. The molecule has 0 radical (unpaired) electrons. The Hall–Kier alpha value is 0.270. The molecule has 6 heteroatoms. The monoisotopic (exact) mass is 302 g/mol. The lowest BCUT2D eigenvalue weighted by Gasteiger charge is -1.98. The van der Waals surface area contributed by atoms with Crippen molar-refractivity contribution in [2.45, 2.75) is 53.4 Å². The fourth-order valence-electron chi connectivity index (χ4n) is 1.10. The van der Waals surface area contributed by atoms with Crippen molar-refractivity contribution in [1.82, 2.24) is 5.32 Å². The summed E-state index contributed by atoms with van der Waals surface area (Å²) >= 11 is 0. The van der Waals surface area contributed by atoms with E-state index in [-0.39, 0.29) is 12.4 Å². The minimum absolute atomic E-state index is 0. The molecule has 0 heterocycles. The Morgan fingerprint density at radius 1 is 0.944 bits per heavy atom. The van der Waals surface area contributed by atoms with Crippen LogP contribution in [-0.4, -0.2) is 26.3 Å². The summed E-state index contributed by atoms with van der Waals surface area (Å²) in [6.45, 7) is 11.1. The summed E-state index contributed by atoms with van der Waals surface area (Å²) in [5.74, 6) is 0. The second-order valence-electron chi connectivity index (χ2n) is 3.47. The zero-order valence-corrected chi connectivity index (χ0v) is 13.9. The minimum Gasteiger partial charge on any atom is -0.317 e. The topological polar surface area (TPSA) is 47.6 Å². The Bertz CT molecular complexity index is 148. The van der Waals surface area contributed by atoms with Crippen LogP contribution in [0.5, 0.6) is 0 Å². The highest BCUT2D eigenvalue weighted by atomic mass is 35.5. The van der Waals surface area contributed by atoms with Gasteiger partial charge in [-0.1, -0.05) is 33.1 Å². The van der Waals surface area contributed by atoms with E-state index in [0.29, 0.717) is 13.2 Å². The van der Waals surface area contributed by atoms with Gasteiger partial charge < -0.3 is 5.32 Å². The predicted octanol–water partition coefficient (Wildman–Crippen LogP) is 4.31. The first kappa shape index (κ1) is 23.4. The number of nitrogens with one attached hydrogen (secondary N) is 1. The van der Waals surface area contributed by atoms with Crippen LogP contribution in [0.4, 0.5) is 0 Å². The van der Waals surface area contributed by atoms with Crippen molar-refractivity contribution in [2.24, 2.45) is 0 Å². The molecule has 112 valence electrons. The van der Waals surface area contributed by atoms with E-state index in [1.807, 2.05) is 0 Å². The van der Waals surface area contributed by atoms with Gasteiger partial charge in [-0.3, -0.25) is 0 Å². The average molecular weight is 303 g/mol. The molecule has 0 amide bonds. The minimum atomic E-state index is -1.83.